The van der Waals surface area contributed by atoms with Crippen molar-refractivity contribution in [2.75, 3.05) is 47.7 Å². The fourth-order valence-corrected chi connectivity index (χ4v) is 2.76. The normalized spacial score (nSPS) is 25.8. The Labute approximate surface area is 127 Å². The predicted molar refractivity (Wildman–Crippen MR) is 79.3 cm³/mol. The van der Waals surface area contributed by atoms with Crippen LogP contribution < -0.4 is 5.32 Å². The first-order valence-corrected chi connectivity index (χ1v) is 7.64. The van der Waals surface area contributed by atoms with Crippen molar-refractivity contribution in [3.05, 3.63) is 0 Å². The zero-order valence-electron chi connectivity index (χ0n) is 13.5. The molecule has 0 heterocycles. The molecule has 6 heteroatoms. The number of nitrogens with one attached hydrogen (secondary N) is 1. The van der Waals surface area contributed by atoms with Crippen LogP contribution in [0.3, 0.4) is 0 Å². The van der Waals surface area contributed by atoms with E-state index >= 15 is 0 Å². The molecule has 2 unspecified atom stereocenters. The molecule has 0 spiro atoms. The minimum atomic E-state index is -0.600. The Kier molecular flexibility index (Phi) is 8.84. The topological polar surface area (TPSA) is 66.0 Å². The van der Waals surface area contributed by atoms with Crippen molar-refractivity contribution < 1.29 is 23.7 Å². The smallest absolute Gasteiger partial charge is 0.326 e. The van der Waals surface area contributed by atoms with Gasteiger partial charge >= 0.3 is 5.97 Å². The summed E-state index contributed by atoms with van der Waals surface area (Å²) >= 11 is 0. The molecule has 0 saturated heterocycles. The summed E-state index contributed by atoms with van der Waals surface area (Å²) in [6.45, 7) is 2.53. The lowest BCUT2D eigenvalue weighted by Gasteiger charge is -2.38. The van der Waals surface area contributed by atoms with E-state index in [2.05, 4.69) is 5.32 Å². The van der Waals surface area contributed by atoms with Crippen LogP contribution in [0.1, 0.15) is 32.1 Å². The van der Waals surface area contributed by atoms with Gasteiger partial charge in [0.2, 0.25) is 0 Å². The van der Waals surface area contributed by atoms with Crippen molar-refractivity contribution >= 4 is 5.97 Å². The minimum absolute atomic E-state index is 0.0767. The van der Waals surface area contributed by atoms with E-state index in [4.69, 9.17) is 18.9 Å². The van der Waals surface area contributed by atoms with Crippen molar-refractivity contribution in [1.82, 2.24) is 5.32 Å². The van der Waals surface area contributed by atoms with Crippen molar-refractivity contribution in [2.45, 2.75) is 43.7 Å². The van der Waals surface area contributed by atoms with E-state index in [1.807, 2.05) is 0 Å². The maximum atomic E-state index is 12.0. The molecule has 0 amide bonds. The van der Waals surface area contributed by atoms with Crippen molar-refractivity contribution in [3.8, 4) is 0 Å². The number of ether oxygens (including phenoxy) is 4. The highest BCUT2D eigenvalue weighted by atomic mass is 16.5. The second kappa shape index (κ2) is 10.1. The molecular weight excluding hydrogens is 274 g/mol. The second-order valence-electron chi connectivity index (χ2n) is 5.37. The summed E-state index contributed by atoms with van der Waals surface area (Å²) in [6.07, 6.45) is 4.35. The third-order valence-corrected chi connectivity index (χ3v) is 3.98. The van der Waals surface area contributed by atoms with Crippen LogP contribution in [0.25, 0.3) is 0 Å². The van der Waals surface area contributed by atoms with Crippen LogP contribution >= 0.6 is 0 Å². The van der Waals surface area contributed by atoms with Crippen molar-refractivity contribution in [1.29, 1.82) is 0 Å². The summed E-state index contributed by atoms with van der Waals surface area (Å²) in [5.41, 5.74) is -0.600. The van der Waals surface area contributed by atoms with Gasteiger partial charge in [0.15, 0.2) is 0 Å². The van der Waals surface area contributed by atoms with Gasteiger partial charge in [0.1, 0.15) is 5.54 Å². The quantitative estimate of drug-likeness (QED) is 0.482. The van der Waals surface area contributed by atoms with Crippen LogP contribution in [-0.2, 0) is 23.7 Å². The minimum Gasteiger partial charge on any atom is -0.468 e. The molecular formula is C15H29NO5. The molecule has 1 fully saturated rings. The molecule has 21 heavy (non-hydrogen) atoms. The Hall–Kier alpha value is -0.690. The summed E-state index contributed by atoms with van der Waals surface area (Å²) in [4.78, 5) is 12.0. The lowest BCUT2D eigenvalue weighted by atomic mass is 9.80. The molecule has 2 atom stereocenters. The highest BCUT2D eigenvalue weighted by molar-refractivity contribution is 5.80. The average molecular weight is 303 g/mol. The van der Waals surface area contributed by atoms with Gasteiger partial charge in [-0.2, -0.15) is 0 Å². The van der Waals surface area contributed by atoms with Gasteiger partial charge in [-0.05, 0) is 32.7 Å². The van der Waals surface area contributed by atoms with E-state index < -0.39 is 5.54 Å². The molecule has 0 radical (unpaired) electrons. The lowest BCUT2D eigenvalue weighted by molar-refractivity contribution is -0.152. The molecule has 124 valence electrons. The molecule has 1 N–H and O–H groups in total. The number of carbonyl (C=O) groups is 1. The highest BCUT2D eigenvalue weighted by Crippen LogP contribution is 2.31. The van der Waals surface area contributed by atoms with Crippen molar-refractivity contribution in [2.24, 2.45) is 0 Å². The Morgan fingerprint density at radius 2 is 2.05 bits per heavy atom. The van der Waals surface area contributed by atoms with E-state index in [0.717, 1.165) is 25.7 Å². The van der Waals surface area contributed by atoms with Gasteiger partial charge in [0.05, 0.1) is 26.4 Å². The van der Waals surface area contributed by atoms with Crippen LogP contribution in [0, 0.1) is 0 Å². The van der Waals surface area contributed by atoms with E-state index in [1.54, 1.807) is 14.2 Å². The van der Waals surface area contributed by atoms with Gasteiger partial charge in [-0.25, -0.2) is 0 Å². The maximum absolute atomic E-state index is 12.0. The molecule has 1 aliphatic carbocycles. The Bertz CT molecular complexity index is 300. The fraction of sp³-hybridized carbons (Fsp3) is 0.933. The van der Waals surface area contributed by atoms with Crippen LogP contribution in [0.5, 0.6) is 0 Å². The maximum Gasteiger partial charge on any atom is 0.326 e. The summed E-state index contributed by atoms with van der Waals surface area (Å²) < 4.78 is 21.2. The van der Waals surface area contributed by atoms with Crippen LogP contribution in [0.2, 0.25) is 0 Å². The zero-order chi connectivity index (χ0) is 15.6. The molecule has 1 saturated carbocycles. The number of rotatable bonds is 10. The summed E-state index contributed by atoms with van der Waals surface area (Å²) in [6, 6.07) is 0. The standard InChI is InChI=1S/C15H29NO5/c1-16-15(14(17)19-3)7-4-6-13(12-15)21-11-10-20-9-5-8-18-2/h13,16H,4-12H2,1-3H3. The third-order valence-electron chi connectivity index (χ3n) is 3.98. The molecule has 1 aliphatic rings. The van der Waals surface area contributed by atoms with Gasteiger partial charge in [-0.15, -0.1) is 0 Å². The molecule has 0 aromatic carbocycles. The first-order valence-electron chi connectivity index (χ1n) is 7.64. The summed E-state index contributed by atoms with van der Waals surface area (Å²) in [5, 5.41) is 3.12. The average Bonchev–Trinajstić information content (AvgIpc) is 2.53. The molecule has 0 aromatic heterocycles. The van der Waals surface area contributed by atoms with Gasteiger partial charge in [-0.3, -0.25) is 4.79 Å². The molecule has 6 nitrogen and oxygen atoms in total. The number of likely N-dealkylation sites (N-methyl/N-ethyl adjacent to an activating group) is 1. The number of hydrogen-bond donors (Lipinski definition) is 1. The SMILES string of the molecule is CNC1(C(=O)OC)CCCC(OCCOCCCOC)C1. The Balaban J connectivity index is 2.25. The predicted octanol–water partition coefficient (Wildman–Crippen LogP) is 1.13. The molecule has 0 bridgehead atoms. The molecule has 1 rings (SSSR count). The number of esters is 1. The summed E-state index contributed by atoms with van der Waals surface area (Å²) in [7, 11) is 4.92. The van der Waals surface area contributed by atoms with Gasteiger partial charge in [0, 0.05) is 26.7 Å². The Morgan fingerprint density at radius 1 is 1.24 bits per heavy atom. The second-order valence-corrected chi connectivity index (χ2v) is 5.37. The zero-order valence-corrected chi connectivity index (χ0v) is 13.5. The van der Waals surface area contributed by atoms with Crippen LogP contribution in [-0.4, -0.2) is 65.3 Å². The van der Waals surface area contributed by atoms with E-state index in [1.165, 1.54) is 7.11 Å². The van der Waals surface area contributed by atoms with Gasteiger partial charge in [0.25, 0.3) is 0 Å². The number of hydrogen-bond acceptors (Lipinski definition) is 6. The number of methoxy groups -OCH3 is 2. The molecule has 0 aromatic rings. The summed E-state index contributed by atoms with van der Waals surface area (Å²) in [5.74, 6) is -0.200. The van der Waals surface area contributed by atoms with Crippen molar-refractivity contribution in [3.63, 3.8) is 0 Å². The largest absolute Gasteiger partial charge is 0.468 e. The van der Waals surface area contributed by atoms with Crippen LogP contribution in [0.4, 0.5) is 0 Å². The molecule has 0 aliphatic heterocycles. The van der Waals surface area contributed by atoms with Gasteiger partial charge < -0.3 is 24.3 Å². The first kappa shape index (κ1) is 18.4. The lowest BCUT2D eigenvalue weighted by Crippen LogP contribution is -2.55. The van der Waals surface area contributed by atoms with E-state index in [0.29, 0.717) is 32.8 Å². The van der Waals surface area contributed by atoms with E-state index in [9.17, 15) is 4.79 Å². The fourth-order valence-electron chi connectivity index (χ4n) is 2.76. The highest BCUT2D eigenvalue weighted by Gasteiger charge is 2.42. The van der Waals surface area contributed by atoms with Crippen LogP contribution in [0.15, 0.2) is 0 Å². The first-order chi connectivity index (χ1) is 10.2. The monoisotopic (exact) mass is 303 g/mol. The van der Waals surface area contributed by atoms with Gasteiger partial charge in [-0.1, -0.05) is 0 Å². The van der Waals surface area contributed by atoms with E-state index in [-0.39, 0.29) is 12.1 Å². The number of carbonyl (C=O) groups excluding carboxylic acids is 1. The Morgan fingerprint density at radius 3 is 2.71 bits per heavy atom. The third kappa shape index (κ3) is 5.90.